The first-order chi connectivity index (χ1) is 9.02. The minimum atomic E-state index is 0.0468. The van der Waals surface area contributed by atoms with E-state index in [1.54, 1.807) is 6.07 Å². The molecule has 2 aromatic rings. The Labute approximate surface area is 124 Å². The van der Waals surface area contributed by atoms with Gasteiger partial charge in [0.15, 0.2) is 0 Å². The van der Waals surface area contributed by atoms with Crippen molar-refractivity contribution in [2.75, 3.05) is 7.05 Å². The van der Waals surface area contributed by atoms with Crippen molar-refractivity contribution >= 4 is 23.2 Å². The van der Waals surface area contributed by atoms with E-state index in [9.17, 15) is 0 Å². The van der Waals surface area contributed by atoms with Gasteiger partial charge in [-0.05, 0) is 61.3 Å². The van der Waals surface area contributed by atoms with Crippen LogP contribution < -0.4 is 5.32 Å². The lowest BCUT2D eigenvalue weighted by Gasteiger charge is -2.20. The van der Waals surface area contributed by atoms with E-state index < -0.39 is 0 Å². The summed E-state index contributed by atoms with van der Waals surface area (Å²) in [6, 6.07) is 12.1. The zero-order valence-corrected chi connectivity index (χ0v) is 12.8. The van der Waals surface area contributed by atoms with Gasteiger partial charge in [-0.3, -0.25) is 0 Å². The van der Waals surface area contributed by atoms with Gasteiger partial charge in [0.1, 0.15) is 0 Å². The van der Waals surface area contributed by atoms with Crippen molar-refractivity contribution in [2.24, 2.45) is 0 Å². The van der Waals surface area contributed by atoms with Crippen LogP contribution in [0.25, 0.3) is 0 Å². The molecule has 0 bridgehead atoms. The third-order valence-corrected chi connectivity index (χ3v) is 4.00. The molecule has 100 valence electrons. The third-order valence-electron chi connectivity index (χ3n) is 3.42. The van der Waals surface area contributed by atoms with Gasteiger partial charge in [-0.1, -0.05) is 41.4 Å². The van der Waals surface area contributed by atoms with Gasteiger partial charge < -0.3 is 5.32 Å². The summed E-state index contributed by atoms with van der Waals surface area (Å²) in [5, 5.41) is 4.73. The molecule has 0 saturated carbocycles. The Morgan fingerprint density at radius 3 is 2.32 bits per heavy atom. The highest BCUT2D eigenvalue weighted by molar-refractivity contribution is 6.33. The molecule has 0 aliphatic heterocycles. The molecule has 2 aromatic carbocycles. The predicted octanol–water partition coefficient (Wildman–Crippen LogP) is 4.92. The van der Waals surface area contributed by atoms with E-state index in [1.165, 1.54) is 16.7 Å². The number of hydrogen-bond donors (Lipinski definition) is 1. The van der Waals surface area contributed by atoms with Crippen molar-refractivity contribution in [3.05, 3.63) is 68.7 Å². The molecule has 0 heterocycles. The van der Waals surface area contributed by atoms with E-state index in [0.717, 1.165) is 10.6 Å². The fourth-order valence-corrected chi connectivity index (χ4v) is 2.59. The van der Waals surface area contributed by atoms with Crippen LogP contribution in [-0.4, -0.2) is 7.05 Å². The summed E-state index contributed by atoms with van der Waals surface area (Å²) in [7, 11) is 1.93. The average molecular weight is 294 g/mol. The van der Waals surface area contributed by atoms with Crippen molar-refractivity contribution in [2.45, 2.75) is 19.9 Å². The standard InChI is InChI=1S/C16H17Cl2N/c1-10-4-5-12(8-11(10)2)16(19-3)14-9-13(17)6-7-15(14)18/h4-9,16,19H,1-3H3. The molecular formula is C16H17Cl2N. The van der Waals surface area contributed by atoms with E-state index >= 15 is 0 Å². The first kappa shape index (κ1) is 14.4. The molecule has 0 spiro atoms. The molecule has 2 rings (SSSR count). The van der Waals surface area contributed by atoms with Gasteiger partial charge in [-0.25, -0.2) is 0 Å². The molecule has 0 aliphatic carbocycles. The normalized spacial score (nSPS) is 12.5. The van der Waals surface area contributed by atoms with Crippen LogP contribution in [-0.2, 0) is 0 Å². The van der Waals surface area contributed by atoms with Crippen molar-refractivity contribution in [3.8, 4) is 0 Å². The number of hydrogen-bond acceptors (Lipinski definition) is 1. The fraction of sp³-hybridized carbons (Fsp3) is 0.250. The van der Waals surface area contributed by atoms with Crippen LogP contribution in [0.3, 0.4) is 0 Å². The first-order valence-electron chi connectivity index (χ1n) is 6.22. The first-order valence-corrected chi connectivity index (χ1v) is 6.98. The molecule has 1 atom stereocenters. The molecule has 0 amide bonds. The molecule has 19 heavy (non-hydrogen) atoms. The topological polar surface area (TPSA) is 12.0 Å². The Balaban J connectivity index is 2.49. The third kappa shape index (κ3) is 3.11. The largest absolute Gasteiger partial charge is 0.309 e. The van der Waals surface area contributed by atoms with Crippen LogP contribution in [0.5, 0.6) is 0 Å². The SMILES string of the molecule is CNC(c1ccc(C)c(C)c1)c1cc(Cl)ccc1Cl. The maximum atomic E-state index is 6.29. The quantitative estimate of drug-likeness (QED) is 0.847. The van der Waals surface area contributed by atoms with Gasteiger partial charge in [0, 0.05) is 10.0 Å². The van der Waals surface area contributed by atoms with E-state index in [4.69, 9.17) is 23.2 Å². The highest BCUT2D eigenvalue weighted by Crippen LogP contribution is 2.31. The summed E-state index contributed by atoms with van der Waals surface area (Å²) in [6.45, 7) is 4.23. The zero-order valence-electron chi connectivity index (χ0n) is 11.3. The summed E-state index contributed by atoms with van der Waals surface area (Å²) < 4.78 is 0. The summed E-state index contributed by atoms with van der Waals surface area (Å²) in [6.07, 6.45) is 0. The Morgan fingerprint density at radius 2 is 1.68 bits per heavy atom. The summed E-state index contributed by atoms with van der Waals surface area (Å²) in [5.74, 6) is 0. The Bertz CT molecular complexity index is 593. The second-order valence-corrected chi connectivity index (χ2v) is 5.57. The van der Waals surface area contributed by atoms with Crippen LogP contribution in [0.1, 0.15) is 28.3 Å². The number of aryl methyl sites for hydroxylation is 2. The van der Waals surface area contributed by atoms with Gasteiger partial charge >= 0.3 is 0 Å². The van der Waals surface area contributed by atoms with E-state index in [2.05, 4.69) is 37.4 Å². The monoisotopic (exact) mass is 293 g/mol. The van der Waals surface area contributed by atoms with Gasteiger partial charge in [0.2, 0.25) is 0 Å². The van der Waals surface area contributed by atoms with Crippen molar-refractivity contribution in [3.63, 3.8) is 0 Å². The van der Waals surface area contributed by atoms with Gasteiger partial charge in [0.25, 0.3) is 0 Å². The molecular weight excluding hydrogens is 277 g/mol. The van der Waals surface area contributed by atoms with Crippen molar-refractivity contribution < 1.29 is 0 Å². The van der Waals surface area contributed by atoms with Crippen molar-refractivity contribution in [1.82, 2.24) is 5.32 Å². The van der Waals surface area contributed by atoms with E-state index in [0.29, 0.717) is 5.02 Å². The van der Waals surface area contributed by atoms with Crippen LogP contribution in [0.2, 0.25) is 10.0 Å². The molecule has 0 aromatic heterocycles. The molecule has 1 nitrogen and oxygen atoms in total. The van der Waals surface area contributed by atoms with E-state index in [-0.39, 0.29) is 6.04 Å². The molecule has 1 unspecified atom stereocenters. The fourth-order valence-electron chi connectivity index (χ4n) is 2.18. The molecule has 0 saturated heterocycles. The number of rotatable bonds is 3. The average Bonchev–Trinajstić information content (AvgIpc) is 2.38. The highest BCUT2D eigenvalue weighted by atomic mass is 35.5. The van der Waals surface area contributed by atoms with Gasteiger partial charge in [0.05, 0.1) is 6.04 Å². The maximum absolute atomic E-state index is 6.29. The molecule has 0 aliphatic rings. The minimum absolute atomic E-state index is 0.0468. The Morgan fingerprint density at radius 1 is 0.947 bits per heavy atom. The second kappa shape index (κ2) is 5.96. The lowest BCUT2D eigenvalue weighted by Crippen LogP contribution is -2.18. The van der Waals surface area contributed by atoms with Crippen LogP contribution >= 0.6 is 23.2 Å². The molecule has 3 heteroatoms. The predicted molar refractivity (Wildman–Crippen MR) is 83.3 cm³/mol. The molecule has 0 radical (unpaired) electrons. The number of halogens is 2. The number of benzene rings is 2. The Kier molecular flexibility index (Phi) is 4.51. The Hall–Kier alpha value is -1.02. The smallest absolute Gasteiger partial charge is 0.0589 e. The van der Waals surface area contributed by atoms with Gasteiger partial charge in [-0.2, -0.15) is 0 Å². The molecule has 0 fully saturated rings. The lowest BCUT2D eigenvalue weighted by atomic mass is 9.96. The summed E-state index contributed by atoms with van der Waals surface area (Å²) in [4.78, 5) is 0. The van der Waals surface area contributed by atoms with Crippen LogP contribution in [0.15, 0.2) is 36.4 Å². The van der Waals surface area contributed by atoms with Crippen LogP contribution in [0.4, 0.5) is 0 Å². The number of nitrogens with one attached hydrogen (secondary N) is 1. The minimum Gasteiger partial charge on any atom is -0.309 e. The van der Waals surface area contributed by atoms with Crippen LogP contribution in [0, 0.1) is 13.8 Å². The summed E-state index contributed by atoms with van der Waals surface area (Å²) >= 11 is 12.4. The second-order valence-electron chi connectivity index (χ2n) is 4.73. The summed E-state index contributed by atoms with van der Waals surface area (Å²) in [5.41, 5.74) is 4.75. The highest BCUT2D eigenvalue weighted by Gasteiger charge is 2.16. The van der Waals surface area contributed by atoms with Crippen molar-refractivity contribution in [1.29, 1.82) is 0 Å². The van der Waals surface area contributed by atoms with E-state index in [1.807, 2.05) is 19.2 Å². The zero-order chi connectivity index (χ0) is 14.0. The molecule has 1 N–H and O–H groups in total. The lowest BCUT2D eigenvalue weighted by molar-refractivity contribution is 0.691. The maximum Gasteiger partial charge on any atom is 0.0589 e. The van der Waals surface area contributed by atoms with Gasteiger partial charge in [-0.15, -0.1) is 0 Å².